The first-order valence-electron chi connectivity index (χ1n) is 6.43. The number of urea groups is 1. The van der Waals surface area contributed by atoms with E-state index in [1.54, 1.807) is 0 Å². The Balaban J connectivity index is 2.29. The second-order valence-corrected chi connectivity index (χ2v) is 4.31. The third kappa shape index (κ3) is 6.19. The van der Waals surface area contributed by atoms with Gasteiger partial charge >= 0.3 is 12.0 Å². The van der Waals surface area contributed by atoms with Gasteiger partial charge in [0.25, 0.3) is 0 Å². The summed E-state index contributed by atoms with van der Waals surface area (Å²) in [6.45, 7) is 0.730. The molecule has 1 unspecified atom stereocenters. The Morgan fingerprint density at radius 2 is 2.00 bits per heavy atom. The fourth-order valence-electron chi connectivity index (χ4n) is 1.67. The molecule has 20 heavy (non-hydrogen) atoms. The predicted molar refractivity (Wildman–Crippen MR) is 74.6 cm³/mol. The molecule has 0 aromatic heterocycles. The molecule has 0 saturated heterocycles. The zero-order chi connectivity index (χ0) is 14.8. The summed E-state index contributed by atoms with van der Waals surface area (Å²) in [6, 6.07) is 8.31. The summed E-state index contributed by atoms with van der Waals surface area (Å²) >= 11 is 0. The number of ether oxygens (including phenoxy) is 1. The zero-order valence-corrected chi connectivity index (χ0v) is 11.5. The van der Waals surface area contributed by atoms with Crippen LogP contribution in [0.15, 0.2) is 30.3 Å². The molecule has 0 heterocycles. The van der Waals surface area contributed by atoms with Crippen LogP contribution in [0.1, 0.15) is 12.0 Å². The number of carbonyl (C=O) groups excluding carboxylic acids is 1. The molecular weight excluding hydrogens is 260 g/mol. The average molecular weight is 280 g/mol. The van der Waals surface area contributed by atoms with Gasteiger partial charge in [-0.15, -0.1) is 0 Å². The number of benzene rings is 1. The molecule has 3 N–H and O–H groups in total. The van der Waals surface area contributed by atoms with Crippen LogP contribution in [0.25, 0.3) is 0 Å². The van der Waals surface area contributed by atoms with E-state index in [-0.39, 0.29) is 13.0 Å². The SMILES string of the molecule is COCCC(NC(=O)NCCc1ccccc1)C(=O)O. The molecule has 6 nitrogen and oxygen atoms in total. The first-order chi connectivity index (χ1) is 9.63. The topological polar surface area (TPSA) is 87.7 Å². The molecule has 0 fully saturated rings. The van der Waals surface area contributed by atoms with E-state index in [0.717, 1.165) is 5.56 Å². The van der Waals surface area contributed by atoms with Gasteiger partial charge in [0.15, 0.2) is 0 Å². The van der Waals surface area contributed by atoms with Gasteiger partial charge in [0.2, 0.25) is 0 Å². The molecule has 1 aromatic carbocycles. The zero-order valence-electron chi connectivity index (χ0n) is 11.5. The highest BCUT2D eigenvalue weighted by molar-refractivity contribution is 5.82. The smallest absolute Gasteiger partial charge is 0.326 e. The Hall–Kier alpha value is -2.08. The molecule has 2 amide bonds. The summed E-state index contributed by atoms with van der Waals surface area (Å²) in [6.07, 6.45) is 0.933. The Kier molecular flexibility index (Phi) is 7.13. The molecule has 0 radical (unpaired) electrons. The second kappa shape index (κ2) is 8.92. The minimum Gasteiger partial charge on any atom is -0.480 e. The lowest BCUT2D eigenvalue weighted by Crippen LogP contribution is -2.46. The normalized spacial score (nSPS) is 11.7. The van der Waals surface area contributed by atoms with Crippen molar-refractivity contribution in [1.82, 2.24) is 10.6 Å². The summed E-state index contributed by atoms with van der Waals surface area (Å²) in [5.74, 6) is -1.07. The highest BCUT2D eigenvalue weighted by Crippen LogP contribution is 1.98. The van der Waals surface area contributed by atoms with E-state index >= 15 is 0 Å². The van der Waals surface area contributed by atoms with Crippen molar-refractivity contribution >= 4 is 12.0 Å². The van der Waals surface area contributed by atoms with Crippen LogP contribution in [0.2, 0.25) is 0 Å². The summed E-state index contributed by atoms with van der Waals surface area (Å²) in [5.41, 5.74) is 1.11. The number of carboxylic acid groups (broad SMARTS) is 1. The van der Waals surface area contributed by atoms with Gasteiger partial charge in [0.05, 0.1) is 0 Å². The van der Waals surface area contributed by atoms with Crippen LogP contribution in [0.3, 0.4) is 0 Å². The third-order valence-corrected chi connectivity index (χ3v) is 2.76. The van der Waals surface area contributed by atoms with Crippen molar-refractivity contribution in [2.75, 3.05) is 20.3 Å². The van der Waals surface area contributed by atoms with Crippen molar-refractivity contribution in [1.29, 1.82) is 0 Å². The summed E-state index contributed by atoms with van der Waals surface area (Å²) in [5, 5.41) is 14.0. The van der Waals surface area contributed by atoms with Crippen LogP contribution in [0.5, 0.6) is 0 Å². The number of methoxy groups -OCH3 is 1. The fraction of sp³-hybridized carbons (Fsp3) is 0.429. The predicted octanol–water partition coefficient (Wildman–Crippen LogP) is 1.02. The number of hydrogen-bond acceptors (Lipinski definition) is 3. The summed E-state index contributed by atoms with van der Waals surface area (Å²) in [4.78, 5) is 22.5. The molecule has 110 valence electrons. The number of hydrogen-bond donors (Lipinski definition) is 3. The van der Waals surface area contributed by atoms with E-state index in [1.807, 2.05) is 30.3 Å². The lowest BCUT2D eigenvalue weighted by molar-refractivity contribution is -0.139. The number of aliphatic carboxylic acids is 1. The van der Waals surface area contributed by atoms with Crippen LogP contribution in [0, 0.1) is 0 Å². The molecule has 1 aromatic rings. The number of rotatable bonds is 8. The van der Waals surface area contributed by atoms with E-state index in [9.17, 15) is 9.59 Å². The van der Waals surface area contributed by atoms with Crippen molar-refractivity contribution in [2.45, 2.75) is 18.9 Å². The quantitative estimate of drug-likeness (QED) is 0.663. The molecule has 0 bridgehead atoms. The van der Waals surface area contributed by atoms with E-state index in [1.165, 1.54) is 7.11 Å². The highest BCUT2D eigenvalue weighted by atomic mass is 16.5. The maximum atomic E-state index is 11.6. The molecule has 0 aliphatic carbocycles. The van der Waals surface area contributed by atoms with Crippen LogP contribution in [-0.4, -0.2) is 43.4 Å². The first-order valence-corrected chi connectivity index (χ1v) is 6.43. The molecule has 1 atom stereocenters. The highest BCUT2D eigenvalue weighted by Gasteiger charge is 2.19. The van der Waals surface area contributed by atoms with Gasteiger partial charge in [-0.2, -0.15) is 0 Å². The first kappa shape index (κ1) is 16.0. The maximum Gasteiger partial charge on any atom is 0.326 e. The lowest BCUT2D eigenvalue weighted by Gasteiger charge is -2.14. The third-order valence-electron chi connectivity index (χ3n) is 2.76. The second-order valence-electron chi connectivity index (χ2n) is 4.31. The van der Waals surface area contributed by atoms with Gasteiger partial charge < -0.3 is 20.5 Å². The van der Waals surface area contributed by atoms with Gasteiger partial charge in [-0.05, 0) is 12.0 Å². The van der Waals surface area contributed by atoms with Gasteiger partial charge in [-0.1, -0.05) is 30.3 Å². The van der Waals surface area contributed by atoms with Crippen LogP contribution >= 0.6 is 0 Å². The van der Waals surface area contributed by atoms with Crippen molar-refractivity contribution in [2.24, 2.45) is 0 Å². The Morgan fingerprint density at radius 3 is 2.60 bits per heavy atom. The monoisotopic (exact) mass is 280 g/mol. The molecule has 1 rings (SSSR count). The van der Waals surface area contributed by atoms with Crippen LogP contribution in [0.4, 0.5) is 4.79 Å². The maximum absolute atomic E-state index is 11.6. The van der Waals surface area contributed by atoms with E-state index in [0.29, 0.717) is 13.0 Å². The fourth-order valence-corrected chi connectivity index (χ4v) is 1.67. The van der Waals surface area contributed by atoms with E-state index in [4.69, 9.17) is 9.84 Å². The number of carboxylic acids is 1. The van der Waals surface area contributed by atoms with Crippen molar-refractivity contribution in [3.63, 3.8) is 0 Å². The molecular formula is C14H20N2O4. The van der Waals surface area contributed by atoms with Crippen LogP contribution in [-0.2, 0) is 16.0 Å². The van der Waals surface area contributed by atoms with E-state index < -0.39 is 18.0 Å². The average Bonchev–Trinajstić information content (AvgIpc) is 2.44. The molecule has 0 aliphatic heterocycles. The molecule has 0 spiro atoms. The summed E-state index contributed by atoms with van der Waals surface area (Å²) in [7, 11) is 1.48. The largest absolute Gasteiger partial charge is 0.480 e. The number of amides is 2. The van der Waals surface area contributed by atoms with Crippen molar-refractivity contribution in [3.05, 3.63) is 35.9 Å². The molecule has 6 heteroatoms. The molecule has 0 aliphatic rings. The summed E-state index contributed by atoms with van der Waals surface area (Å²) < 4.78 is 4.81. The Morgan fingerprint density at radius 1 is 1.30 bits per heavy atom. The number of carbonyl (C=O) groups is 2. The Labute approximate surface area is 118 Å². The Bertz CT molecular complexity index is 422. The van der Waals surface area contributed by atoms with Crippen molar-refractivity contribution < 1.29 is 19.4 Å². The van der Waals surface area contributed by atoms with Gasteiger partial charge in [-0.3, -0.25) is 0 Å². The number of nitrogens with one attached hydrogen (secondary N) is 2. The standard InChI is InChI=1S/C14H20N2O4/c1-20-10-8-12(13(17)18)16-14(19)15-9-7-11-5-3-2-4-6-11/h2-6,12H,7-10H2,1H3,(H,17,18)(H2,15,16,19). The van der Waals surface area contributed by atoms with Crippen molar-refractivity contribution in [3.8, 4) is 0 Å². The minimum absolute atomic E-state index is 0.234. The van der Waals surface area contributed by atoms with Gasteiger partial charge in [-0.25, -0.2) is 9.59 Å². The molecule has 0 saturated carbocycles. The lowest BCUT2D eigenvalue weighted by atomic mass is 10.1. The van der Waals surface area contributed by atoms with Gasteiger partial charge in [0.1, 0.15) is 6.04 Å². The minimum atomic E-state index is -1.07. The van der Waals surface area contributed by atoms with Crippen LogP contribution < -0.4 is 10.6 Å². The van der Waals surface area contributed by atoms with E-state index in [2.05, 4.69) is 10.6 Å². The van der Waals surface area contributed by atoms with Gasteiger partial charge in [0, 0.05) is 26.7 Å².